The number of nitrogens with zero attached hydrogens (tertiary/aromatic N) is 5. The van der Waals surface area contributed by atoms with Crippen LogP contribution in [0.4, 0.5) is 11.5 Å². The molecule has 0 bridgehead atoms. The number of nitro benzene ring substituents is 1. The number of rotatable bonds is 7. The zero-order valence-corrected chi connectivity index (χ0v) is 17.1. The van der Waals surface area contributed by atoms with Crippen molar-refractivity contribution in [3.63, 3.8) is 0 Å². The van der Waals surface area contributed by atoms with Gasteiger partial charge in [0.15, 0.2) is 5.65 Å². The van der Waals surface area contributed by atoms with E-state index in [2.05, 4.69) is 20.4 Å². The number of amides is 1. The van der Waals surface area contributed by atoms with Crippen LogP contribution in [0.3, 0.4) is 0 Å². The van der Waals surface area contributed by atoms with Gasteiger partial charge in [0.25, 0.3) is 11.6 Å². The summed E-state index contributed by atoms with van der Waals surface area (Å²) in [5.74, 6) is -0.384. The predicted octanol–water partition coefficient (Wildman–Crippen LogP) is 2.33. The number of anilines is 1. The zero-order valence-electron chi connectivity index (χ0n) is 17.1. The molecule has 11 nitrogen and oxygen atoms in total. The van der Waals surface area contributed by atoms with Crippen molar-refractivity contribution in [2.75, 3.05) is 26.0 Å². The van der Waals surface area contributed by atoms with E-state index in [1.807, 2.05) is 12.1 Å². The van der Waals surface area contributed by atoms with E-state index in [9.17, 15) is 14.9 Å². The molecule has 2 aromatic carbocycles. The maximum absolute atomic E-state index is 12.8. The van der Waals surface area contributed by atoms with Crippen LogP contribution in [0.1, 0.15) is 15.9 Å². The van der Waals surface area contributed by atoms with Crippen LogP contribution in [-0.4, -0.2) is 52.0 Å². The Morgan fingerprint density at radius 1 is 1.25 bits per heavy atom. The molecule has 162 valence electrons. The standard InChI is InChI=1S/C21H19N7O4/c1-32-10-9-23-21(29)17-18-20(26-16-8-3-2-7-15(16)25-18)27(19(17)22)24-12-13-5-4-6-14(11-13)28(30)31/h2-8,11-12H,9-10,22H2,1H3,(H,23,29). The minimum absolute atomic E-state index is 0.0481. The van der Waals surface area contributed by atoms with Crippen LogP contribution in [-0.2, 0) is 4.74 Å². The molecule has 2 aromatic heterocycles. The Labute approximate surface area is 181 Å². The molecule has 1 amide bonds. The molecular weight excluding hydrogens is 414 g/mol. The van der Waals surface area contributed by atoms with Crippen LogP contribution >= 0.6 is 0 Å². The minimum Gasteiger partial charge on any atom is -0.383 e. The lowest BCUT2D eigenvalue weighted by Crippen LogP contribution is -2.27. The molecular formula is C21H19N7O4. The highest BCUT2D eigenvalue weighted by Gasteiger charge is 2.23. The van der Waals surface area contributed by atoms with Crippen molar-refractivity contribution in [2.24, 2.45) is 5.10 Å². The van der Waals surface area contributed by atoms with E-state index in [4.69, 9.17) is 10.5 Å². The number of hydrogen-bond acceptors (Lipinski definition) is 8. The molecule has 2 heterocycles. The first kappa shape index (κ1) is 20.9. The van der Waals surface area contributed by atoms with Crippen LogP contribution in [0, 0.1) is 10.1 Å². The van der Waals surface area contributed by atoms with Crippen molar-refractivity contribution in [3.05, 3.63) is 69.8 Å². The highest BCUT2D eigenvalue weighted by molar-refractivity contribution is 6.10. The third kappa shape index (κ3) is 3.96. The quantitative estimate of drug-likeness (QED) is 0.196. The number of nitrogens with one attached hydrogen (secondary N) is 1. The van der Waals surface area contributed by atoms with Gasteiger partial charge in [0.2, 0.25) is 0 Å². The Balaban J connectivity index is 1.85. The number of nitro groups is 1. The summed E-state index contributed by atoms with van der Waals surface area (Å²) in [7, 11) is 1.53. The molecule has 0 aliphatic rings. The molecule has 0 unspecified atom stereocenters. The maximum atomic E-state index is 12.8. The summed E-state index contributed by atoms with van der Waals surface area (Å²) in [6.45, 7) is 0.628. The Hall–Kier alpha value is -4.38. The van der Waals surface area contributed by atoms with E-state index in [-0.39, 0.29) is 17.1 Å². The number of methoxy groups -OCH3 is 1. The van der Waals surface area contributed by atoms with E-state index in [1.54, 1.807) is 24.3 Å². The fraction of sp³-hybridized carbons (Fsp3) is 0.143. The van der Waals surface area contributed by atoms with Crippen molar-refractivity contribution in [1.29, 1.82) is 0 Å². The molecule has 0 radical (unpaired) electrons. The number of nitrogen functional groups attached to an aromatic ring is 1. The predicted molar refractivity (Wildman–Crippen MR) is 120 cm³/mol. The molecule has 3 N–H and O–H groups in total. The Morgan fingerprint density at radius 3 is 2.72 bits per heavy atom. The SMILES string of the molecule is COCCNC(=O)c1c(N)n(N=Cc2cccc([N+](=O)[O-])c2)c2nc3ccccc3nc12. The smallest absolute Gasteiger partial charge is 0.270 e. The monoisotopic (exact) mass is 433 g/mol. The number of benzene rings is 2. The molecule has 4 rings (SSSR count). The summed E-state index contributed by atoms with van der Waals surface area (Å²) in [5.41, 5.74) is 8.66. The second-order valence-corrected chi connectivity index (χ2v) is 6.80. The van der Waals surface area contributed by atoms with E-state index in [0.717, 1.165) is 0 Å². The van der Waals surface area contributed by atoms with E-state index >= 15 is 0 Å². The third-order valence-electron chi connectivity index (χ3n) is 4.70. The average molecular weight is 433 g/mol. The molecule has 0 spiro atoms. The molecule has 0 aliphatic heterocycles. The van der Waals surface area contributed by atoms with Gasteiger partial charge in [-0.05, 0) is 12.1 Å². The van der Waals surface area contributed by atoms with Crippen molar-refractivity contribution in [2.45, 2.75) is 0 Å². The second-order valence-electron chi connectivity index (χ2n) is 6.80. The maximum Gasteiger partial charge on any atom is 0.270 e. The number of para-hydroxylation sites is 2. The van der Waals surface area contributed by atoms with Gasteiger partial charge in [0.05, 0.1) is 28.8 Å². The van der Waals surface area contributed by atoms with Gasteiger partial charge in [-0.15, -0.1) is 0 Å². The van der Waals surface area contributed by atoms with Crippen LogP contribution in [0.25, 0.3) is 22.2 Å². The lowest BCUT2D eigenvalue weighted by atomic mass is 10.2. The average Bonchev–Trinajstić information content (AvgIpc) is 3.06. The molecule has 0 saturated carbocycles. The Kier molecular flexibility index (Phi) is 5.73. The summed E-state index contributed by atoms with van der Waals surface area (Å²) in [6.07, 6.45) is 1.41. The first-order chi connectivity index (χ1) is 15.5. The van der Waals surface area contributed by atoms with Crippen molar-refractivity contribution in [1.82, 2.24) is 20.0 Å². The number of fused-ring (bicyclic) bond motifs is 2. The topological polar surface area (TPSA) is 151 Å². The number of nitrogens with two attached hydrogens (primary N) is 1. The second kappa shape index (κ2) is 8.78. The molecule has 4 aromatic rings. The first-order valence-corrected chi connectivity index (χ1v) is 9.62. The molecule has 0 saturated heterocycles. The van der Waals surface area contributed by atoms with Gasteiger partial charge in [-0.2, -0.15) is 9.78 Å². The normalized spacial score (nSPS) is 11.4. The first-order valence-electron chi connectivity index (χ1n) is 9.62. The van der Waals surface area contributed by atoms with Crippen molar-refractivity contribution >= 4 is 45.8 Å². The summed E-state index contributed by atoms with van der Waals surface area (Å²) >= 11 is 0. The molecule has 11 heteroatoms. The van der Waals surface area contributed by atoms with Crippen molar-refractivity contribution < 1.29 is 14.5 Å². The zero-order chi connectivity index (χ0) is 22.7. The number of carbonyl (C=O) groups is 1. The molecule has 0 atom stereocenters. The highest BCUT2D eigenvalue weighted by atomic mass is 16.6. The third-order valence-corrected chi connectivity index (χ3v) is 4.70. The summed E-state index contributed by atoms with van der Waals surface area (Å²) < 4.78 is 6.28. The lowest BCUT2D eigenvalue weighted by molar-refractivity contribution is -0.384. The van der Waals surface area contributed by atoms with Crippen LogP contribution in [0.2, 0.25) is 0 Å². The summed E-state index contributed by atoms with van der Waals surface area (Å²) in [4.78, 5) is 32.6. The minimum atomic E-state index is -0.489. The van der Waals surface area contributed by atoms with Gasteiger partial charge in [0, 0.05) is 31.4 Å². The lowest BCUT2D eigenvalue weighted by Gasteiger charge is -2.04. The van der Waals surface area contributed by atoms with E-state index in [1.165, 1.54) is 30.1 Å². The fourth-order valence-corrected chi connectivity index (χ4v) is 3.19. The van der Waals surface area contributed by atoms with Crippen LogP contribution < -0.4 is 11.1 Å². The van der Waals surface area contributed by atoms with Crippen LogP contribution in [0.5, 0.6) is 0 Å². The largest absolute Gasteiger partial charge is 0.383 e. The summed E-state index contributed by atoms with van der Waals surface area (Å²) in [5, 5.41) is 18.1. The van der Waals surface area contributed by atoms with Crippen LogP contribution in [0.15, 0.2) is 53.6 Å². The molecule has 32 heavy (non-hydrogen) atoms. The van der Waals surface area contributed by atoms with E-state index < -0.39 is 10.8 Å². The Bertz CT molecular complexity index is 1360. The summed E-state index contributed by atoms with van der Waals surface area (Å²) in [6, 6.07) is 13.2. The van der Waals surface area contributed by atoms with Crippen molar-refractivity contribution in [3.8, 4) is 0 Å². The number of carbonyl (C=O) groups excluding carboxylic acids is 1. The van der Waals surface area contributed by atoms with Gasteiger partial charge >= 0.3 is 0 Å². The number of ether oxygens (including phenoxy) is 1. The van der Waals surface area contributed by atoms with Gasteiger partial charge < -0.3 is 15.8 Å². The number of aromatic nitrogens is 3. The highest BCUT2D eigenvalue weighted by Crippen LogP contribution is 2.27. The Morgan fingerprint density at radius 2 is 2.00 bits per heavy atom. The van der Waals surface area contributed by atoms with Gasteiger partial charge in [-0.25, -0.2) is 9.97 Å². The molecule has 0 aliphatic carbocycles. The van der Waals surface area contributed by atoms with Gasteiger partial charge in [-0.1, -0.05) is 24.3 Å². The van der Waals surface area contributed by atoms with Gasteiger partial charge in [0.1, 0.15) is 16.9 Å². The molecule has 0 fully saturated rings. The number of hydrogen-bond donors (Lipinski definition) is 2. The number of non-ortho nitro benzene ring substituents is 1. The fourth-order valence-electron chi connectivity index (χ4n) is 3.19. The van der Waals surface area contributed by atoms with E-state index in [0.29, 0.717) is 40.9 Å². The van der Waals surface area contributed by atoms with Gasteiger partial charge in [-0.3, -0.25) is 14.9 Å².